The quantitative estimate of drug-likeness (QED) is 0.460. The topological polar surface area (TPSA) is 33.0 Å². The highest BCUT2D eigenvalue weighted by molar-refractivity contribution is 7.80. The van der Waals surface area contributed by atoms with E-state index in [0.717, 1.165) is 12.8 Å². The number of Topliss-reactive ketones (excluding diaryl/α,β-unsaturated/α-hetero) is 1. The molecule has 1 aromatic heterocycles. The molecular weight excluding hydrogens is 340 g/mol. The van der Waals surface area contributed by atoms with Gasteiger partial charge in [0.05, 0.1) is 0 Å². The molecule has 0 aliphatic carbocycles. The lowest BCUT2D eigenvalue weighted by Gasteiger charge is -2.14. The van der Waals surface area contributed by atoms with Crippen molar-refractivity contribution in [1.82, 2.24) is 5.32 Å². The number of carbonyl (C=O) groups is 1. The van der Waals surface area contributed by atoms with Crippen LogP contribution in [0, 0.1) is 0 Å². The molecule has 0 unspecified atom stereocenters. The van der Waals surface area contributed by atoms with Crippen LogP contribution in [0.2, 0.25) is 5.02 Å². The Kier molecular flexibility index (Phi) is 6.88. The number of aromatic nitrogens is 1. The zero-order chi connectivity index (χ0) is 17.5. The number of hydrogen-bond donors (Lipinski definition) is 1. The molecule has 0 radical (unpaired) electrons. The number of halogens is 1. The Bertz CT molecular complexity index is 698. The molecule has 5 heteroatoms. The Labute approximate surface area is 153 Å². The van der Waals surface area contributed by atoms with Crippen LogP contribution in [0.5, 0.6) is 0 Å². The average molecular weight is 362 g/mol. The maximum absolute atomic E-state index is 13.0. The summed E-state index contributed by atoms with van der Waals surface area (Å²) < 4.78 is 1.86. The summed E-state index contributed by atoms with van der Waals surface area (Å²) in [6.07, 6.45) is 5.96. The number of carbonyl (C=O) groups excluding carboxylic acids is 1. The predicted molar refractivity (Wildman–Crippen MR) is 102 cm³/mol. The van der Waals surface area contributed by atoms with Gasteiger partial charge in [0.15, 0.2) is 17.4 Å². The van der Waals surface area contributed by atoms with Gasteiger partial charge in [-0.15, -0.1) is 0 Å². The van der Waals surface area contributed by atoms with Crippen molar-refractivity contribution in [3.05, 3.63) is 64.9 Å². The van der Waals surface area contributed by atoms with E-state index in [1.54, 1.807) is 24.3 Å². The van der Waals surface area contributed by atoms with E-state index >= 15 is 0 Å². The first-order chi connectivity index (χ1) is 11.6. The third-order valence-corrected chi connectivity index (χ3v) is 4.35. The highest BCUT2D eigenvalue weighted by Gasteiger charge is 2.32. The first kappa shape index (κ1) is 18.6. The fraction of sp³-hybridized carbons (Fsp3) is 0.316. The van der Waals surface area contributed by atoms with Crippen molar-refractivity contribution in [1.29, 1.82) is 0 Å². The second kappa shape index (κ2) is 8.90. The zero-order valence-electron chi connectivity index (χ0n) is 14.0. The minimum atomic E-state index is -0.559. The Morgan fingerprint density at radius 2 is 1.79 bits per heavy atom. The van der Waals surface area contributed by atoms with E-state index in [4.69, 9.17) is 23.8 Å². The van der Waals surface area contributed by atoms with Crippen LogP contribution in [-0.2, 0) is 6.42 Å². The van der Waals surface area contributed by atoms with Gasteiger partial charge in [-0.2, -0.15) is 4.57 Å². The lowest BCUT2D eigenvalue weighted by Crippen LogP contribution is -2.51. The fourth-order valence-electron chi connectivity index (χ4n) is 2.53. The summed E-state index contributed by atoms with van der Waals surface area (Å²) in [6, 6.07) is 10.4. The summed E-state index contributed by atoms with van der Waals surface area (Å²) in [5.74, 6) is -0.0501. The van der Waals surface area contributed by atoms with E-state index in [9.17, 15) is 4.79 Å². The molecule has 1 atom stereocenters. The Morgan fingerprint density at radius 3 is 2.33 bits per heavy atom. The van der Waals surface area contributed by atoms with E-state index in [2.05, 4.69) is 12.2 Å². The minimum Gasteiger partial charge on any atom is -0.374 e. The molecule has 3 nitrogen and oxygen atoms in total. The Balaban J connectivity index is 2.35. The molecule has 0 fully saturated rings. The monoisotopic (exact) mass is 361 g/mol. The standard InChI is InChI=1S/C19H21ClN2OS/c1-3-5-14-10-12-22(13-11-14)17(19(24)21-4-2)18(23)15-6-8-16(20)9-7-15/h6-13,17H,3-5H2,1-2H3/p+1/t17-/m1/s1. The molecule has 1 aromatic carbocycles. The molecule has 0 aliphatic rings. The van der Waals surface area contributed by atoms with E-state index in [1.807, 2.05) is 36.0 Å². The lowest BCUT2D eigenvalue weighted by atomic mass is 10.0. The second-order valence-corrected chi connectivity index (χ2v) is 6.45. The van der Waals surface area contributed by atoms with Gasteiger partial charge in [-0.1, -0.05) is 37.2 Å². The summed E-state index contributed by atoms with van der Waals surface area (Å²) in [4.78, 5) is 13.5. The first-order valence-electron chi connectivity index (χ1n) is 8.14. The summed E-state index contributed by atoms with van der Waals surface area (Å²) >= 11 is 11.4. The van der Waals surface area contributed by atoms with Gasteiger partial charge in [-0.05, 0) is 43.2 Å². The van der Waals surface area contributed by atoms with Crippen LogP contribution in [0.15, 0.2) is 48.8 Å². The molecule has 0 amide bonds. The molecule has 126 valence electrons. The fourth-order valence-corrected chi connectivity index (χ4v) is 3.03. The third kappa shape index (κ3) is 4.62. The first-order valence-corrected chi connectivity index (χ1v) is 8.92. The number of rotatable bonds is 7. The number of pyridine rings is 1. The lowest BCUT2D eigenvalue weighted by molar-refractivity contribution is -0.692. The van der Waals surface area contributed by atoms with Gasteiger partial charge in [0.2, 0.25) is 5.78 Å². The van der Waals surface area contributed by atoms with Crippen molar-refractivity contribution < 1.29 is 9.36 Å². The maximum atomic E-state index is 13.0. The van der Waals surface area contributed by atoms with Gasteiger partial charge in [0.1, 0.15) is 0 Å². The largest absolute Gasteiger partial charge is 0.374 e. The van der Waals surface area contributed by atoms with Crippen LogP contribution in [-0.4, -0.2) is 17.3 Å². The Morgan fingerprint density at radius 1 is 1.17 bits per heavy atom. The van der Waals surface area contributed by atoms with E-state index < -0.39 is 6.04 Å². The van der Waals surface area contributed by atoms with Gasteiger partial charge in [-0.3, -0.25) is 4.79 Å². The van der Waals surface area contributed by atoms with Crippen LogP contribution in [0.3, 0.4) is 0 Å². The normalized spacial score (nSPS) is 11.8. The Hall–Kier alpha value is -1.78. The number of nitrogens with one attached hydrogen (secondary N) is 1. The van der Waals surface area contributed by atoms with Crippen molar-refractivity contribution in [2.24, 2.45) is 0 Å². The average Bonchev–Trinajstić information content (AvgIpc) is 2.58. The summed E-state index contributed by atoms with van der Waals surface area (Å²) in [6.45, 7) is 4.79. The number of benzene rings is 1. The minimum absolute atomic E-state index is 0.0501. The van der Waals surface area contributed by atoms with Crippen molar-refractivity contribution in [2.45, 2.75) is 32.7 Å². The van der Waals surface area contributed by atoms with Crippen molar-refractivity contribution in [3.63, 3.8) is 0 Å². The highest BCUT2D eigenvalue weighted by atomic mass is 35.5. The molecule has 0 aliphatic heterocycles. The molecule has 0 saturated heterocycles. The smallest absolute Gasteiger partial charge is 0.270 e. The van der Waals surface area contributed by atoms with Crippen LogP contribution >= 0.6 is 23.8 Å². The summed E-state index contributed by atoms with van der Waals surface area (Å²) in [5.41, 5.74) is 1.84. The van der Waals surface area contributed by atoms with Crippen LogP contribution in [0.25, 0.3) is 0 Å². The molecule has 1 N–H and O–H groups in total. The number of aryl methyl sites for hydroxylation is 1. The maximum Gasteiger partial charge on any atom is 0.270 e. The van der Waals surface area contributed by atoms with Crippen molar-refractivity contribution in [2.75, 3.05) is 6.54 Å². The van der Waals surface area contributed by atoms with E-state index in [0.29, 0.717) is 22.1 Å². The van der Waals surface area contributed by atoms with Gasteiger partial charge in [-0.25, -0.2) is 0 Å². The molecule has 1 heterocycles. The number of likely N-dealkylation sites (N-methyl/N-ethyl adjacent to an activating group) is 1. The van der Waals surface area contributed by atoms with Gasteiger partial charge in [0.25, 0.3) is 6.04 Å². The molecule has 0 saturated carbocycles. The molecule has 2 aromatic rings. The molecule has 0 spiro atoms. The van der Waals surface area contributed by atoms with Crippen molar-refractivity contribution >= 4 is 34.6 Å². The number of nitrogens with zero attached hydrogens (tertiary/aromatic N) is 1. The highest BCUT2D eigenvalue weighted by Crippen LogP contribution is 2.15. The second-order valence-electron chi connectivity index (χ2n) is 5.57. The van der Waals surface area contributed by atoms with Crippen LogP contribution < -0.4 is 9.88 Å². The van der Waals surface area contributed by atoms with E-state index in [1.165, 1.54) is 5.56 Å². The number of thiocarbonyl (C=S) groups is 1. The predicted octanol–water partition coefficient (Wildman–Crippen LogP) is 3.94. The number of hydrogen-bond acceptors (Lipinski definition) is 2. The van der Waals surface area contributed by atoms with Crippen LogP contribution in [0.4, 0.5) is 0 Å². The van der Waals surface area contributed by atoms with E-state index in [-0.39, 0.29) is 5.78 Å². The third-order valence-electron chi connectivity index (χ3n) is 3.73. The van der Waals surface area contributed by atoms with Gasteiger partial charge >= 0.3 is 0 Å². The molecular formula is C19H22ClN2OS+. The summed E-state index contributed by atoms with van der Waals surface area (Å²) in [7, 11) is 0. The molecule has 2 rings (SSSR count). The van der Waals surface area contributed by atoms with Gasteiger partial charge < -0.3 is 5.32 Å². The summed E-state index contributed by atoms with van der Waals surface area (Å²) in [5, 5.41) is 3.72. The van der Waals surface area contributed by atoms with Crippen LogP contribution in [0.1, 0.15) is 42.2 Å². The SMILES string of the molecule is CCCc1cc[n+]([C@H](C(=O)c2ccc(Cl)cc2)C(=S)NCC)cc1. The molecule has 24 heavy (non-hydrogen) atoms. The van der Waals surface area contributed by atoms with Crippen molar-refractivity contribution in [3.8, 4) is 0 Å². The number of ketones is 1. The van der Waals surface area contributed by atoms with Gasteiger partial charge in [0, 0.05) is 29.3 Å². The zero-order valence-corrected chi connectivity index (χ0v) is 15.5. The molecule has 0 bridgehead atoms.